The predicted octanol–water partition coefficient (Wildman–Crippen LogP) is 6.60. The maximum absolute atomic E-state index is 14.6. The Hall–Kier alpha value is -5.38. The maximum atomic E-state index is 14.6. The van der Waals surface area contributed by atoms with E-state index in [0.29, 0.717) is 39.9 Å². The number of amides is 2. The number of nitrogens with zero attached hydrogens (tertiary/aromatic N) is 4. The van der Waals surface area contributed by atoms with E-state index in [0.717, 1.165) is 23.9 Å². The van der Waals surface area contributed by atoms with E-state index in [1.165, 1.54) is 46.2 Å². The van der Waals surface area contributed by atoms with Crippen LogP contribution in [0.2, 0.25) is 0 Å². The molecular weight excluding hydrogens is 606 g/mol. The highest BCUT2D eigenvalue weighted by Crippen LogP contribution is 2.42. The van der Waals surface area contributed by atoms with Gasteiger partial charge < -0.3 is 19.5 Å². The van der Waals surface area contributed by atoms with Crippen LogP contribution >= 0.6 is 0 Å². The van der Waals surface area contributed by atoms with Gasteiger partial charge in [0.15, 0.2) is 11.5 Å². The Morgan fingerprint density at radius 1 is 0.854 bits per heavy atom. The molecule has 0 aliphatic heterocycles. The minimum atomic E-state index is -1.11. The van der Waals surface area contributed by atoms with Crippen molar-refractivity contribution in [2.45, 2.75) is 57.2 Å². The van der Waals surface area contributed by atoms with Crippen LogP contribution in [0.15, 0.2) is 91.0 Å². The third kappa shape index (κ3) is 6.97. The molecule has 0 unspecified atom stereocenters. The van der Waals surface area contributed by atoms with Gasteiger partial charge in [0, 0.05) is 12.2 Å². The highest BCUT2D eigenvalue weighted by atomic mass is 16.5. The fourth-order valence-electron chi connectivity index (χ4n) is 6.58. The zero-order valence-electron chi connectivity index (χ0n) is 27.6. The van der Waals surface area contributed by atoms with Gasteiger partial charge in [0.1, 0.15) is 18.1 Å². The van der Waals surface area contributed by atoms with E-state index < -0.39 is 6.04 Å². The normalized spacial score (nSPS) is 13.9. The summed E-state index contributed by atoms with van der Waals surface area (Å²) < 4.78 is 18.5. The molecule has 4 aromatic carbocycles. The third-order valence-corrected chi connectivity index (χ3v) is 9.04. The van der Waals surface area contributed by atoms with Gasteiger partial charge in [-0.3, -0.25) is 14.5 Å². The van der Waals surface area contributed by atoms with Crippen molar-refractivity contribution in [3.05, 3.63) is 108 Å². The van der Waals surface area contributed by atoms with Gasteiger partial charge in [-0.05, 0) is 71.8 Å². The molecule has 10 nitrogen and oxygen atoms in total. The number of aromatic nitrogens is 3. The van der Waals surface area contributed by atoms with Crippen LogP contribution in [0, 0.1) is 0 Å². The lowest BCUT2D eigenvalue weighted by atomic mass is 9.84. The average Bonchev–Trinajstić information content (AvgIpc) is 3.55. The Kier molecular flexibility index (Phi) is 10.2. The van der Waals surface area contributed by atoms with Crippen molar-refractivity contribution >= 4 is 28.5 Å². The second kappa shape index (κ2) is 15.0. The van der Waals surface area contributed by atoms with E-state index in [4.69, 9.17) is 14.2 Å². The van der Waals surface area contributed by atoms with Gasteiger partial charge in [-0.25, -0.2) is 4.68 Å². The molecule has 0 spiro atoms. The first-order chi connectivity index (χ1) is 23.5. The van der Waals surface area contributed by atoms with Crippen molar-refractivity contribution in [2.75, 3.05) is 26.2 Å². The molecular formula is C38H41N5O5. The number of carbonyl (C=O) groups is 2. The quantitative estimate of drug-likeness (QED) is 0.163. The number of hydrogen-bond acceptors (Lipinski definition) is 7. The standard InChI is InChI=1S/C38H41N5O5/c1-46-33-22-29(23-34(47-2)37(33)48-3)36(38(45)39-24-26-12-6-4-7-13-26)43(30-20-18-28(19-21-30)27-14-8-5-9-15-27)35(44)25-42-32-17-11-10-16-31(32)40-41-42/h4,6-7,10-13,16-23,27,36H,5,8-9,14-15,24-25H2,1-3H3,(H,39,45)/t36-/m1/s1. The fraction of sp³-hybridized carbons (Fsp3) is 0.316. The lowest BCUT2D eigenvalue weighted by Gasteiger charge is -2.32. The lowest BCUT2D eigenvalue weighted by Crippen LogP contribution is -2.45. The number of nitrogens with one attached hydrogen (secondary N) is 1. The molecule has 1 fully saturated rings. The Labute approximate surface area is 280 Å². The summed E-state index contributed by atoms with van der Waals surface area (Å²) in [6, 6.07) is 27.5. The number of anilines is 1. The largest absolute Gasteiger partial charge is 0.493 e. The average molecular weight is 648 g/mol. The van der Waals surface area contributed by atoms with E-state index in [9.17, 15) is 9.59 Å². The third-order valence-electron chi connectivity index (χ3n) is 9.04. The molecule has 48 heavy (non-hydrogen) atoms. The van der Waals surface area contributed by atoms with Gasteiger partial charge in [-0.15, -0.1) is 5.10 Å². The zero-order chi connectivity index (χ0) is 33.5. The first kappa shape index (κ1) is 32.6. The number of para-hydroxylation sites is 1. The Morgan fingerprint density at radius 3 is 2.19 bits per heavy atom. The van der Waals surface area contributed by atoms with Crippen molar-refractivity contribution in [2.24, 2.45) is 0 Å². The highest BCUT2D eigenvalue weighted by molar-refractivity contribution is 6.01. The molecule has 10 heteroatoms. The zero-order valence-corrected chi connectivity index (χ0v) is 27.6. The van der Waals surface area contributed by atoms with Crippen LogP contribution in [0.25, 0.3) is 11.0 Å². The van der Waals surface area contributed by atoms with E-state index >= 15 is 0 Å². The molecule has 1 saturated carbocycles. The molecule has 0 saturated heterocycles. The predicted molar refractivity (Wildman–Crippen MR) is 184 cm³/mol. The summed E-state index contributed by atoms with van der Waals surface area (Å²) in [7, 11) is 4.57. The summed E-state index contributed by atoms with van der Waals surface area (Å²) in [6.45, 7) is 0.134. The molecule has 0 radical (unpaired) electrons. The Morgan fingerprint density at radius 2 is 1.52 bits per heavy atom. The summed E-state index contributed by atoms with van der Waals surface area (Å²) in [4.78, 5) is 30.6. The summed E-state index contributed by atoms with van der Waals surface area (Å²) >= 11 is 0. The van der Waals surface area contributed by atoms with Gasteiger partial charge in [0.2, 0.25) is 17.6 Å². The number of carbonyl (C=O) groups excluding carboxylic acids is 2. The number of benzene rings is 4. The van der Waals surface area contributed by atoms with Gasteiger partial charge in [-0.2, -0.15) is 0 Å². The maximum Gasteiger partial charge on any atom is 0.249 e. The molecule has 1 aromatic heterocycles. The van der Waals surface area contributed by atoms with Crippen molar-refractivity contribution < 1.29 is 23.8 Å². The van der Waals surface area contributed by atoms with E-state index in [-0.39, 0.29) is 24.9 Å². The van der Waals surface area contributed by atoms with Gasteiger partial charge in [0.25, 0.3) is 0 Å². The molecule has 1 heterocycles. The second-order valence-corrected chi connectivity index (χ2v) is 12.0. The van der Waals surface area contributed by atoms with Crippen LogP contribution in [0.3, 0.4) is 0 Å². The topological polar surface area (TPSA) is 108 Å². The van der Waals surface area contributed by atoms with Crippen LogP contribution in [-0.4, -0.2) is 48.1 Å². The number of hydrogen-bond donors (Lipinski definition) is 1. The fourth-order valence-corrected chi connectivity index (χ4v) is 6.58. The summed E-state index contributed by atoms with van der Waals surface area (Å²) in [5.41, 5.74) is 4.64. The molecule has 2 amide bonds. The Balaban J connectivity index is 1.46. The monoisotopic (exact) mass is 647 g/mol. The molecule has 1 aliphatic carbocycles. The van der Waals surface area contributed by atoms with Crippen molar-refractivity contribution in [1.29, 1.82) is 0 Å². The van der Waals surface area contributed by atoms with Crippen molar-refractivity contribution in [3.8, 4) is 17.2 Å². The van der Waals surface area contributed by atoms with Crippen LogP contribution in [0.4, 0.5) is 5.69 Å². The first-order valence-electron chi connectivity index (χ1n) is 16.3. The number of methoxy groups -OCH3 is 3. The molecule has 0 bridgehead atoms. The van der Waals surface area contributed by atoms with Gasteiger partial charge in [0.05, 0.1) is 26.8 Å². The lowest BCUT2D eigenvalue weighted by molar-refractivity contribution is -0.127. The minimum Gasteiger partial charge on any atom is -0.493 e. The van der Waals surface area contributed by atoms with Crippen LogP contribution < -0.4 is 24.4 Å². The number of rotatable bonds is 12. The second-order valence-electron chi connectivity index (χ2n) is 12.0. The van der Waals surface area contributed by atoms with Crippen molar-refractivity contribution in [1.82, 2.24) is 20.3 Å². The van der Waals surface area contributed by atoms with Crippen LogP contribution in [0.1, 0.15) is 60.8 Å². The van der Waals surface area contributed by atoms with Gasteiger partial charge in [-0.1, -0.05) is 79.1 Å². The smallest absolute Gasteiger partial charge is 0.249 e. The Bertz CT molecular complexity index is 1830. The van der Waals surface area contributed by atoms with E-state index in [2.05, 4.69) is 27.8 Å². The molecule has 1 aliphatic rings. The highest BCUT2D eigenvalue weighted by Gasteiger charge is 2.35. The van der Waals surface area contributed by atoms with Gasteiger partial charge >= 0.3 is 0 Å². The summed E-state index contributed by atoms with van der Waals surface area (Å²) in [6.07, 6.45) is 6.00. The summed E-state index contributed by atoms with van der Waals surface area (Å²) in [5.74, 6) is 0.894. The number of ether oxygens (including phenoxy) is 3. The van der Waals surface area contributed by atoms with E-state index in [1.807, 2.05) is 66.7 Å². The van der Waals surface area contributed by atoms with Crippen molar-refractivity contribution in [3.63, 3.8) is 0 Å². The minimum absolute atomic E-state index is 0.141. The first-order valence-corrected chi connectivity index (χ1v) is 16.3. The molecule has 5 aromatic rings. The molecule has 1 atom stereocenters. The van der Waals surface area contributed by atoms with E-state index in [1.54, 1.807) is 21.7 Å². The SMILES string of the molecule is COc1cc([C@H](C(=O)NCc2ccccc2)N(C(=O)Cn2nnc3ccccc32)c2ccc(C3CCCCC3)cc2)cc(OC)c1OC. The van der Waals surface area contributed by atoms with Crippen LogP contribution in [0.5, 0.6) is 17.2 Å². The molecule has 248 valence electrons. The molecule has 1 N–H and O–H groups in total. The molecule has 6 rings (SSSR count). The number of fused-ring (bicyclic) bond motifs is 1. The summed E-state index contributed by atoms with van der Waals surface area (Å²) in [5, 5.41) is 11.6. The van der Waals surface area contributed by atoms with Crippen LogP contribution in [-0.2, 0) is 22.7 Å².